The molecule has 0 amide bonds. The Morgan fingerprint density at radius 3 is 2.39 bits per heavy atom. The molecule has 1 rings (SSSR count). The molecule has 0 fully saturated rings. The summed E-state index contributed by atoms with van der Waals surface area (Å²) in [7, 11) is 1.36. The van der Waals surface area contributed by atoms with Crippen molar-refractivity contribution in [2.45, 2.75) is 33.6 Å². The zero-order valence-electron chi connectivity index (χ0n) is 14.5. The Kier molecular flexibility index (Phi) is 8.51. The molecular weight excluding hydrogens is 288 g/mol. The van der Waals surface area contributed by atoms with Gasteiger partial charge in [0.15, 0.2) is 0 Å². The second-order valence-electron chi connectivity index (χ2n) is 5.61. The topological polar surface area (TPSA) is 35.5 Å². The number of hydrogen-bond acceptors (Lipinski definition) is 3. The van der Waals surface area contributed by atoms with E-state index >= 15 is 0 Å². The van der Waals surface area contributed by atoms with E-state index in [4.69, 9.17) is 4.74 Å². The van der Waals surface area contributed by atoms with Gasteiger partial charge in [-0.05, 0) is 63.5 Å². The first kappa shape index (κ1) is 18.8. The SMILES string of the molecule is COC(=O)C=Cc1ccc(OCC=C(C)CCC=C(C)C)cc1. The molecule has 23 heavy (non-hydrogen) atoms. The summed E-state index contributed by atoms with van der Waals surface area (Å²) < 4.78 is 10.2. The van der Waals surface area contributed by atoms with Crippen molar-refractivity contribution in [3.63, 3.8) is 0 Å². The Hall–Kier alpha value is -2.29. The number of hydrogen-bond donors (Lipinski definition) is 0. The number of rotatable bonds is 8. The minimum Gasteiger partial charge on any atom is -0.490 e. The van der Waals surface area contributed by atoms with Gasteiger partial charge in [-0.2, -0.15) is 0 Å². The number of carbonyl (C=O) groups is 1. The molecular formula is C20H26O3. The second kappa shape index (κ2) is 10.4. The Morgan fingerprint density at radius 1 is 1.09 bits per heavy atom. The molecule has 0 spiro atoms. The lowest BCUT2D eigenvalue weighted by molar-refractivity contribution is -0.134. The van der Waals surface area contributed by atoms with Gasteiger partial charge in [0.2, 0.25) is 0 Å². The highest BCUT2D eigenvalue weighted by molar-refractivity contribution is 5.86. The van der Waals surface area contributed by atoms with E-state index in [2.05, 4.69) is 37.7 Å². The lowest BCUT2D eigenvalue weighted by Gasteiger charge is -2.05. The van der Waals surface area contributed by atoms with Crippen molar-refractivity contribution >= 4 is 12.0 Å². The van der Waals surface area contributed by atoms with E-state index in [-0.39, 0.29) is 5.97 Å². The van der Waals surface area contributed by atoms with Gasteiger partial charge in [0, 0.05) is 6.08 Å². The van der Waals surface area contributed by atoms with Gasteiger partial charge in [-0.1, -0.05) is 29.4 Å². The number of ether oxygens (including phenoxy) is 2. The molecule has 1 aromatic rings. The maximum Gasteiger partial charge on any atom is 0.330 e. The van der Waals surface area contributed by atoms with Gasteiger partial charge in [0.25, 0.3) is 0 Å². The quantitative estimate of drug-likeness (QED) is 0.387. The normalized spacial score (nSPS) is 11.4. The van der Waals surface area contributed by atoms with Gasteiger partial charge < -0.3 is 9.47 Å². The van der Waals surface area contributed by atoms with Crippen molar-refractivity contribution in [1.29, 1.82) is 0 Å². The highest BCUT2D eigenvalue weighted by Gasteiger charge is 1.95. The summed E-state index contributed by atoms with van der Waals surface area (Å²) in [6.07, 6.45) is 9.61. The molecule has 124 valence electrons. The van der Waals surface area contributed by atoms with Crippen molar-refractivity contribution in [3.05, 3.63) is 59.2 Å². The van der Waals surface area contributed by atoms with E-state index in [1.54, 1.807) is 6.08 Å². The highest BCUT2D eigenvalue weighted by Crippen LogP contribution is 2.14. The van der Waals surface area contributed by atoms with Crippen LogP contribution >= 0.6 is 0 Å². The molecule has 0 aliphatic rings. The molecule has 0 N–H and O–H groups in total. The fraction of sp³-hybridized carbons (Fsp3) is 0.350. The lowest BCUT2D eigenvalue weighted by atomic mass is 10.1. The van der Waals surface area contributed by atoms with Crippen LogP contribution in [0.5, 0.6) is 5.75 Å². The summed E-state index contributed by atoms with van der Waals surface area (Å²) in [5.41, 5.74) is 3.62. The summed E-state index contributed by atoms with van der Waals surface area (Å²) in [5, 5.41) is 0. The molecule has 0 bridgehead atoms. The number of methoxy groups -OCH3 is 1. The van der Waals surface area contributed by atoms with E-state index in [0.29, 0.717) is 6.61 Å². The summed E-state index contributed by atoms with van der Waals surface area (Å²) in [6.45, 7) is 6.93. The fourth-order valence-electron chi connectivity index (χ4n) is 1.88. The number of allylic oxidation sites excluding steroid dienone is 3. The molecule has 0 unspecified atom stereocenters. The maximum atomic E-state index is 11.0. The molecule has 0 heterocycles. The molecule has 0 radical (unpaired) electrons. The van der Waals surface area contributed by atoms with Crippen LogP contribution in [0, 0.1) is 0 Å². The van der Waals surface area contributed by atoms with Crippen LogP contribution in [-0.4, -0.2) is 19.7 Å². The Balaban J connectivity index is 2.42. The van der Waals surface area contributed by atoms with Crippen molar-refractivity contribution in [2.24, 2.45) is 0 Å². The van der Waals surface area contributed by atoms with Crippen LogP contribution in [0.25, 0.3) is 6.08 Å². The van der Waals surface area contributed by atoms with Crippen LogP contribution in [0.3, 0.4) is 0 Å². The molecule has 0 aliphatic heterocycles. The monoisotopic (exact) mass is 314 g/mol. The first-order valence-electron chi connectivity index (χ1n) is 7.79. The first-order valence-corrected chi connectivity index (χ1v) is 7.79. The van der Waals surface area contributed by atoms with Crippen molar-refractivity contribution < 1.29 is 14.3 Å². The predicted octanol–water partition coefficient (Wildman–Crippen LogP) is 4.94. The standard InChI is InChI=1S/C20H26O3/c1-16(2)6-5-7-17(3)14-15-23-19-11-8-18(9-12-19)10-13-20(21)22-4/h6,8-14H,5,7,15H2,1-4H3. The smallest absolute Gasteiger partial charge is 0.330 e. The summed E-state index contributed by atoms with van der Waals surface area (Å²) in [5.74, 6) is 0.451. The Morgan fingerprint density at radius 2 is 1.78 bits per heavy atom. The molecule has 0 saturated heterocycles. The Labute approximate surface area is 139 Å². The number of benzene rings is 1. The lowest BCUT2D eigenvalue weighted by Crippen LogP contribution is -1.95. The molecule has 0 atom stereocenters. The molecule has 1 aromatic carbocycles. The van der Waals surface area contributed by atoms with E-state index < -0.39 is 0 Å². The number of esters is 1. The first-order chi connectivity index (χ1) is 11.0. The second-order valence-corrected chi connectivity index (χ2v) is 5.61. The largest absolute Gasteiger partial charge is 0.490 e. The molecule has 0 aromatic heterocycles. The van der Waals surface area contributed by atoms with E-state index in [1.807, 2.05) is 24.3 Å². The van der Waals surface area contributed by atoms with Gasteiger partial charge in [0.1, 0.15) is 12.4 Å². The van der Waals surface area contributed by atoms with Crippen molar-refractivity contribution in [3.8, 4) is 5.75 Å². The minimum absolute atomic E-state index is 0.362. The van der Waals surface area contributed by atoms with Crippen LogP contribution in [0.1, 0.15) is 39.2 Å². The average Bonchev–Trinajstić information content (AvgIpc) is 2.53. The third-order valence-electron chi connectivity index (χ3n) is 3.27. The average molecular weight is 314 g/mol. The van der Waals surface area contributed by atoms with E-state index in [1.165, 1.54) is 24.3 Å². The zero-order chi connectivity index (χ0) is 17.1. The van der Waals surface area contributed by atoms with Crippen molar-refractivity contribution in [2.75, 3.05) is 13.7 Å². The van der Waals surface area contributed by atoms with E-state index in [0.717, 1.165) is 24.2 Å². The summed E-state index contributed by atoms with van der Waals surface area (Å²) >= 11 is 0. The fourth-order valence-corrected chi connectivity index (χ4v) is 1.88. The Bertz CT molecular complexity index is 573. The van der Waals surface area contributed by atoms with Gasteiger partial charge in [-0.3, -0.25) is 0 Å². The third kappa shape index (κ3) is 8.67. The van der Waals surface area contributed by atoms with Crippen LogP contribution < -0.4 is 4.74 Å². The minimum atomic E-state index is -0.362. The highest BCUT2D eigenvalue weighted by atomic mass is 16.5. The van der Waals surface area contributed by atoms with Crippen LogP contribution in [-0.2, 0) is 9.53 Å². The van der Waals surface area contributed by atoms with E-state index in [9.17, 15) is 4.79 Å². The number of carbonyl (C=O) groups excluding carboxylic acids is 1. The third-order valence-corrected chi connectivity index (χ3v) is 3.27. The van der Waals surface area contributed by atoms with Crippen LogP contribution in [0.2, 0.25) is 0 Å². The molecule has 0 saturated carbocycles. The molecule has 0 aliphatic carbocycles. The van der Waals surface area contributed by atoms with Gasteiger partial charge in [0.05, 0.1) is 7.11 Å². The van der Waals surface area contributed by atoms with Crippen molar-refractivity contribution in [1.82, 2.24) is 0 Å². The molecule has 3 nitrogen and oxygen atoms in total. The van der Waals surface area contributed by atoms with Crippen LogP contribution in [0.4, 0.5) is 0 Å². The van der Waals surface area contributed by atoms with Gasteiger partial charge in [-0.25, -0.2) is 4.79 Å². The maximum absolute atomic E-state index is 11.0. The summed E-state index contributed by atoms with van der Waals surface area (Å²) in [4.78, 5) is 11.0. The summed E-state index contributed by atoms with van der Waals surface area (Å²) in [6, 6.07) is 7.59. The van der Waals surface area contributed by atoms with Gasteiger partial charge in [-0.15, -0.1) is 0 Å². The van der Waals surface area contributed by atoms with Crippen LogP contribution in [0.15, 0.2) is 53.6 Å². The predicted molar refractivity (Wildman–Crippen MR) is 95.4 cm³/mol. The van der Waals surface area contributed by atoms with Gasteiger partial charge >= 0.3 is 5.97 Å². The zero-order valence-corrected chi connectivity index (χ0v) is 14.5. The molecule has 3 heteroatoms.